The van der Waals surface area contributed by atoms with Gasteiger partial charge in [-0.25, -0.2) is 0 Å². The van der Waals surface area contributed by atoms with E-state index < -0.39 is 0 Å². The lowest BCUT2D eigenvalue weighted by molar-refractivity contribution is 0.0480. The minimum atomic E-state index is -0.0682. The Morgan fingerprint density at radius 2 is 1.75 bits per heavy atom. The predicted octanol–water partition coefficient (Wildman–Crippen LogP) is 5.11. The van der Waals surface area contributed by atoms with Crippen molar-refractivity contribution in [3.63, 3.8) is 0 Å². The Kier molecular flexibility index (Phi) is 8.18. The maximum Gasteiger partial charge on any atom is 0.256 e. The van der Waals surface area contributed by atoms with Crippen LogP contribution >= 0.6 is 0 Å². The number of nitrogen functional groups attached to an aromatic ring is 1. The summed E-state index contributed by atoms with van der Waals surface area (Å²) in [7, 11) is 1.63. The Morgan fingerprint density at radius 1 is 0.955 bits per heavy atom. The number of hydrogen-bond donors (Lipinski definition) is 1. The highest BCUT2D eigenvalue weighted by Gasteiger charge is 2.32. The van der Waals surface area contributed by atoms with Gasteiger partial charge in [0.15, 0.2) is 0 Å². The van der Waals surface area contributed by atoms with E-state index in [2.05, 4.69) is 9.89 Å². The average Bonchev–Trinajstić information content (AvgIpc) is 3.46. The van der Waals surface area contributed by atoms with Gasteiger partial charge in [0.1, 0.15) is 29.7 Å². The molecule has 0 aliphatic carbocycles. The number of aryl methyl sites for hydroxylation is 2. The molecule has 10 heteroatoms. The summed E-state index contributed by atoms with van der Waals surface area (Å²) < 4.78 is 17.7. The van der Waals surface area contributed by atoms with E-state index in [0.717, 1.165) is 41.8 Å². The van der Waals surface area contributed by atoms with Crippen LogP contribution in [0.1, 0.15) is 50.2 Å². The van der Waals surface area contributed by atoms with Crippen molar-refractivity contribution in [2.24, 2.45) is 4.99 Å². The Balaban J connectivity index is 1.04. The molecule has 0 bridgehead atoms. The molecule has 1 atom stereocenters. The van der Waals surface area contributed by atoms with Crippen LogP contribution in [0.15, 0.2) is 47.5 Å². The molecule has 0 unspecified atom stereocenters. The van der Waals surface area contributed by atoms with Gasteiger partial charge in [0.05, 0.1) is 30.1 Å². The van der Waals surface area contributed by atoms with E-state index in [-0.39, 0.29) is 17.9 Å². The first-order chi connectivity index (χ1) is 21.2. The van der Waals surface area contributed by atoms with E-state index in [4.69, 9.17) is 19.9 Å². The van der Waals surface area contributed by atoms with E-state index in [1.165, 1.54) is 0 Å². The first-order valence-electron chi connectivity index (χ1n) is 15.1. The number of carbonyl (C=O) groups is 2. The monoisotopic (exact) mass is 597 g/mol. The lowest BCUT2D eigenvalue weighted by Crippen LogP contribution is -2.49. The molecule has 6 rings (SSSR count). The fourth-order valence-corrected chi connectivity index (χ4v) is 6.02. The van der Waals surface area contributed by atoms with Gasteiger partial charge in [-0.2, -0.15) is 0 Å². The molecule has 3 heterocycles. The number of carbonyl (C=O) groups excluding carboxylic acids is 2. The zero-order valence-electron chi connectivity index (χ0n) is 25.8. The standard InChI is InChI=1S/C34H39N5O5/c1-21-14-26(17-32(42-4)23(21)3)44-30-8-7-24(16-28(30)35)33(40)38-12-10-37(11-13-38)20-43-31-18-29-27(15-22(31)2)34(41)39-9-5-6-25(39)19-36-29/h7-8,14-19,25H,5-6,9-13,20,35H2,1-4H3/t25-/m0/s1. The number of methoxy groups -OCH3 is 1. The van der Waals surface area contributed by atoms with Gasteiger partial charge in [-0.1, -0.05) is 0 Å². The Hall–Kier alpha value is -4.57. The second kappa shape index (κ2) is 12.2. The van der Waals surface area contributed by atoms with Crippen molar-refractivity contribution in [1.29, 1.82) is 0 Å². The smallest absolute Gasteiger partial charge is 0.256 e. The van der Waals surface area contributed by atoms with Crippen LogP contribution in [0, 0.1) is 20.8 Å². The van der Waals surface area contributed by atoms with Crippen LogP contribution in [0.25, 0.3) is 0 Å². The summed E-state index contributed by atoms with van der Waals surface area (Å²) in [6.07, 6.45) is 3.86. The minimum absolute atomic E-state index is 0.0429. The third kappa shape index (κ3) is 5.81. The number of amides is 2. The molecule has 2 amide bonds. The Bertz CT molecular complexity index is 1630. The number of fused-ring (bicyclic) bond motifs is 2. The highest BCUT2D eigenvalue weighted by Crippen LogP contribution is 2.35. The summed E-state index contributed by atoms with van der Waals surface area (Å²) >= 11 is 0. The number of piperazine rings is 1. The van der Waals surface area contributed by atoms with Crippen LogP contribution in [-0.4, -0.2) is 85.3 Å². The van der Waals surface area contributed by atoms with Crippen molar-refractivity contribution in [3.8, 4) is 23.0 Å². The molecule has 10 nitrogen and oxygen atoms in total. The van der Waals surface area contributed by atoms with E-state index >= 15 is 0 Å². The number of nitrogens with zero attached hydrogens (tertiary/aromatic N) is 4. The van der Waals surface area contributed by atoms with Crippen molar-refractivity contribution >= 4 is 29.4 Å². The van der Waals surface area contributed by atoms with Crippen LogP contribution in [0.3, 0.4) is 0 Å². The first kappa shape index (κ1) is 29.5. The number of anilines is 1. The summed E-state index contributed by atoms with van der Waals surface area (Å²) in [6, 6.07) is 12.8. The van der Waals surface area contributed by atoms with Crippen LogP contribution in [0.2, 0.25) is 0 Å². The van der Waals surface area contributed by atoms with Gasteiger partial charge in [-0.3, -0.25) is 19.5 Å². The third-order valence-corrected chi connectivity index (χ3v) is 8.83. The molecular weight excluding hydrogens is 558 g/mol. The highest BCUT2D eigenvalue weighted by atomic mass is 16.5. The molecular formula is C34H39N5O5. The van der Waals surface area contributed by atoms with E-state index in [1.807, 2.05) is 61.1 Å². The second-order valence-electron chi connectivity index (χ2n) is 11.7. The van der Waals surface area contributed by atoms with E-state index in [1.54, 1.807) is 25.3 Å². The molecule has 0 aromatic heterocycles. The topological polar surface area (TPSA) is 110 Å². The zero-order chi connectivity index (χ0) is 31.0. The Labute approximate surface area is 258 Å². The van der Waals surface area contributed by atoms with Gasteiger partial charge in [0, 0.05) is 56.6 Å². The molecule has 0 saturated carbocycles. The molecule has 3 aromatic carbocycles. The lowest BCUT2D eigenvalue weighted by atomic mass is 10.1. The fraction of sp³-hybridized carbons (Fsp3) is 0.382. The van der Waals surface area contributed by atoms with E-state index in [0.29, 0.717) is 72.7 Å². The number of rotatable bonds is 7. The van der Waals surface area contributed by atoms with Crippen LogP contribution in [0.5, 0.6) is 23.0 Å². The number of ether oxygens (including phenoxy) is 3. The first-order valence-corrected chi connectivity index (χ1v) is 15.1. The normalized spacial score (nSPS) is 18.1. The molecule has 3 aliphatic heterocycles. The van der Waals surface area contributed by atoms with Crippen molar-refractivity contribution in [3.05, 3.63) is 70.3 Å². The van der Waals surface area contributed by atoms with Crippen LogP contribution < -0.4 is 19.9 Å². The molecule has 3 aromatic rings. The fourth-order valence-electron chi connectivity index (χ4n) is 6.02. The molecule has 44 heavy (non-hydrogen) atoms. The van der Waals surface area contributed by atoms with Crippen molar-refractivity contribution in [1.82, 2.24) is 14.7 Å². The van der Waals surface area contributed by atoms with Gasteiger partial charge in [0.25, 0.3) is 11.8 Å². The molecule has 3 aliphatic rings. The SMILES string of the molecule is COc1cc(Oc2ccc(C(=O)N3CCN(COc4cc5c(cc4C)C(=O)N4CCC[C@H]4C=N5)CC3)cc2N)cc(C)c1C. The van der Waals surface area contributed by atoms with Gasteiger partial charge in [-0.15, -0.1) is 0 Å². The molecule has 0 radical (unpaired) electrons. The Morgan fingerprint density at radius 3 is 2.50 bits per heavy atom. The highest BCUT2D eigenvalue weighted by molar-refractivity contribution is 6.03. The zero-order valence-corrected chi connectivity index (χ0v) is 25.8. The van der Waals surface area contributed by atoms with Gasteiger partial charge in [-0.05, 0) is 80.6 Å². The molecule has 2 N–H and O–H groups in total. The third-order valence-electron chi connectivity index (χ3n) is 8.83. The van der Waals surface area contributed by atoms with Crippen molar-refractivity contribution < 1.29 is 23.8 Å². The summed E-state index contributed by atoms with van der Waals surface area (Å²) in [5.41, 5.74) is 11.5. The van der Waals surface area contributed by atoms with Gasteiger partial charge in [0.2, 0.25) is 0 Å². The quantitative estimate of drug-likeness (QED) is 0.377. The van der Waals surface area contributed by atoms with Gasteiger partial charge >= 0.3 is 0 Å². The van der Waals surface area contributed by atoms with Gasteiger partial charge < -0.3 is 29.7 Å². The molecule has 0 spiro atoms. The minimum Gasteiger partial charge on any atom is -0.496 e. The number of nitrogens with two attached hydrogens (primary N) is 1. The molecule has 230 valence electrons. The van der Waals surface area contributed by atoms with Crippen LogP contribution in [0.4, 0.5) is 11.4 Å². The summed E-state index contributed by atoms with van der Waals surface area (Å²) in [6.45, 7) is 9.60. The number of aliphatic imine (C=N–C) groups is 1. The summed E-state index contributed by atoms with van der Waals surface area (Å²) in [5.74, 6) is 2.54. The maximum atomic E-state index is 13.3. The van der Waals surface area contributed by atoms with Crippen LogP contribution in [-0.2, 0) is 0 Å². The average molecular weight is 598 g/mol. The molecule has 2 fully saturated rings. The van der Waals surface area contributed by atoms with Crippen molar-refractivity contribution in [2.75, 3.05) is 52.3 Å². The second-order valence-corrected chi connectivity index (χ2v) is 11.7. The number of benzene rings is 3. The predicted molar refractivity (Wildman–Crippen MR) is 170 cm³/mol. The van der Waals surface area contributed by atoms with Crippen molar-refractivity contribution in [2.45, 2.75) is 39.7 Å². The summed E-state index contributed by atoms with van der Waals surface area (Å²) in [5, 5.41) is 0. The lowest BCUT2D eigenvalue weighted by Gasteiger charge is -2.34. The molecule has 2 saturated heterocycles. The largest absolute Gasteiger partial charge is 0.496 e. The number of hydrogen-bond acceptors (Lipinski definition) is 8. The van der Waals surface area contributed by atoms with E-state index in [9.17, 15) is 9.59 Å². The summed E-state index contributed by atoms with van der Waals surface area (Å²) in [4.78, 5) is 36.9. The maximum absolute atomic E-state index is 13.3.